The maximum Gasteiger partial charge on any atom is 0.107 e. The molecule has 1 saturated heterocycles. The van der Waals surface area contributed by atoms with Crippen molar-refractivity contribution in [2.24, 2.45) is 0 Å². The van der Waals surface area contributed by atoms with E-state index in [9.17, 15) is 5.11 Å². The molecule has 3 unspecified atom stereocenters. The highest BCUT2D eigenvalue weighted by atomic mass is 16.5. The Morgan fingerprint density at radius 3 is 2.18 bits per heavy atom. The molecule has 3 rings (SSSR count). The highest BCUT2D eigenvalue weighted by molar-refractivity contribution is 5.43. The highest BCUT2D eigenvalue weighted by Crippen LogP contribution is 2.32. The Kier molecular flexibility index (Phi) is 4.55. The second-order valence-electron chi connectivity index (χ2n) is 5.39. The maximum absolute atomic E-state index is 9.78. The van der Waals surface area contributed by atoms with E-state index in [4.69, 9.17) is 9.84 Å². The first-order valence-corrected chi connectivity index (χ1v) is 7.37. The van der Waals surface area contributed by atoms with Crippen LogP contribution in [0.3, 0.4) is 0 Å². The van der Waals surface area contributed by atoms with Crippen molar-refractivity contribution in [1.82, 2.24) is 0 Å². The fourth-order valence-electron chi connectivity index (χ4n) is 2.55. The molecule has 2 N–H and O–H groups in total. The minimum atomic E-state index is -0.604. The molecule has 0 saturated carbocycles. The first-order chi connectivity index (χ1) is 10.8. The van der Waals surface area contributed by atoms with Crippen molar-refractivity contribution in [3.05, 3.63) is 71.3 Å². The van der Waals surface area contributed by atoms with Gasteiger partial charge in [-0.3, -0.25) is 0 Å². The zero-order chi connectivity index (χ0) is 15.4. The topological polar surface area (TPSA) is 49.7 Å². The fourth-order valence-corrected chi connectivity index (χ4v) is 2.55. The molecule has 3 heteroatoms. The van der Waals surface area contributed by atoms with Crippen molar-refractivity contribution in [2.45, 2.75) is 24.7 Å². The van der Waals surface area contributed by atoms with Crippen LogP contribution in [0.1, 0.15) is 29.2 Å². The predicted molar refractivity (Wildman–Crippen MR) is 84.2 cm³/mol. The van der Waals surface area contributed by atoms with Crippen LogP contribution in [0.2, 0.25) is 0 Å². The summed E-state index contributed by atoms with van der Waals surface area (Å²) < 4.78 is 5.64. The van der Waals surface area contributed by atoms with Gasteiger partial charge in [0.05, 0.1) is 18.8 Å². The van der Waals surface area contributed by atoms with Gasteiger partial charge in [0.25, 0.3) is 0 Å². The van der Waals surface area contributed by atoms with E-state index in [2.05, 4.69) is 11.8 Å². The molecule has 0 radical (unpaired) electrons. The van der Waals surface area contributed by atoms with Gasteiger partial charge in [-0.05, 0) is 29.8 Å². The van der Waals surface area contributed by atoms with Gasteiger partial charge in [0.2, 0.25) is 0 Å². The van der Waals surface area contributed by atoms with Crippen LogP contribution in [0.5, 0.6) is 0 Å². The summed E-state index contributed by atoms with van der Waals surface area (Å²) in [7, 11) is 0. The Labute approximate surface area is 130 Å². The fraction of sp³-hybridized carbons (Fsp3) is 0.263. The standard InChI is InChI=1S/C19H18O3/c20-13-19-17(21)12-18(22-19)16-10-8-15(9-11-16)7-6-14-4-2-1-3-5-14/h1-5,8-11,17-21H,12-13H2. The third-order valence-corrected chi connectivity index (χ3v) is 3.81. The molecule has 1 fully saturated rings. The first-order valence-electron chi connectivity index (χ1n) is 7.37. The van der Waals surface area contributed by atoms with Gasteiger partial charge in [0.1, 0.15) is 6.10 Å². The lowest BCUT2D eigenvalue weighted by Gasteiger charge is -2.12. The number of ether oxygens (including phenoxy) is 1. The van der Waals surface area contributed by atoms with Crippen LogP contribution >= 0.6 is 0 Å². The molecule has 0 spiro atoms. The van der Waals surface area contributed by atoms with Gasteiger partial charge in [0.15, 0.2) is 0 Å². The number of benzene rings is 2. The monoisotopic (exact) mass is 294 g/mol. The summed E-state index contributed by atoms with van der Waals surface area (Å²) in [6.45, 7) is -0.154. The van der Waals surface area contributed by atoms with Crippen LogP contribution in [0.4, 0.5) is 0 Å². The summed E-state index contributed by atoms with van der Waals surface area (Å²) in [6.07, 6.45) is -0.737. The van der Waals surface area contributed by atoms with Gasteiger partial charge in [-0.15, -0.1) is 0 Å². The summed E-state index contributed by atoms with van der Waals surface area (Å²) in [5.41, 5.74) is 2.92. The Bertz CT molecular complexity index is 667. The second-order valence-corrected chi connectivity index (χ2v) is 5.39. The SMILES string of the molecule is OCC1OC(c2ccc(C#Cc3ccccc3)cc2)CC1O. The molecule has 2 aromatic rings. The van der Waals surface area contributed by atoms with Crippen molar-refractivity contribution < 1.29 is 14.9 Å². The Morgan fingerprint density at radius 2 is 1.59 bits per heavy atom. The minimum absolute atomic E-state index is 0.154. The van der Waals surface area contributed by atoms with E-state index in [1.807, 2.05) is 54.6 Å². The van der Waals surface area contributed by atoms with Gasteiger partial charge in [-0.25, -0.2) is 0 Å². The zero-order valence-corrected chi connectivity index (χ0v) is 12.1. The lowest BCUT2D eigenvalue weighted by atomic mass is 10.0. The van der Waals surface area contributed by atoms with E-state index in [0.29, 0.717) is 6.42 Å². The summed E-state index contributed by atoms with van der Waals surface area (Å²) in [4.78, 5) is 0. The summed E-state index contributed by atoms with van der Waals surface area (Å²) in [5, 5.41) is 18.9. The van der Waals surface area contributed by atoms with Crippen LogP contribution in [0.25, 0.3) is 0 Å². The zero-order valence-electron chi connectivity index (χ0n) is 12.1. The van der Waals surface area contributed by atoms with E-state index < -0.39 is 12.2 Å². The van der Waals surface area contributed by atoms with E-state index in [1.165, 1.54) is 0 Å². The van der Waals surface area contributed by atoms with E-state index in [0.717, 1.165) is 16.7 Å². The average Bonchev–Trinajstić information content (AvgIpc) is 2.95. The highest BCUT2D eigenvalue weighted by Gasteiger charge is 2.33. The third-order valence-electron chi connectivity index (χ3n) is 3.81. The maximum atomic E-state index is 9.78. The Balaban J connectivity index is 1.70. The van der Waals surface area contributed by atoms with Crippen molar-refractivity contribution in [2.75, 3.05) is 6.61 Å². The third kappa shape index (κ3) is 3.37. The number of hydrogen-bond acceptors (Lipinski definition) is 3. The van der Waals surface area contributed by atoms with Crippen molar-refractivity contribution in [3.63, 3.8) is 0 Å². The van der Waals surface area contributed by atoms with Gasteiger partial charge in [-0.2, -0.15) is 0 Å². The van der Waals surface area contributed by atoms with Crippen LogP contribution in [-0.2, 0) is 4.74 Å². The molecule has 22 heavy (non-hydrogen) atoms. The van der Waals surface area contributed by atoms with Crippen molar-refractivity contribution in [3.8, 4) is 11.8 Å². The lowest BCUT2D eigenvalue weighted by Crippen LogP contribution is -2.24. The lowest BCUT2D eigenvalue weighted by molar-refractivity contribution is -0.0225. The normalized spacial score (nSPS) is 23.8. The largest absolute Gasteiger partial charge is 0.394 e. The average molecular weight is 294 g/mol. The Morgan fingerprint density at radius 1 is 0.955 bits per heavy atom. The molecule has 112 valence electrons. The molecule has 0 aliphatic carbocycles. The van der Waals surface area contributed by atoms with Crippen LogP contribution < -0.4 is 0 Å². The predicted octanol–water partition coefficient (Wildman–Crippen LogP) is 2.27. The molecule has 0 aromatic heterocycles. The molecular weight excluding hydrogens is 276 g/mol. The minimum Gasteiger partial charge on any atom is -0.394 e. The first kappa shape index (κ1) is 14.8. The van der Waals surface area contributed by atoms with Gasteiger partial charge < -0.3 is 14.9 Å². The Hall–Kier alpha value is -2.12. The second kappa shape index (κ2) is 6.76. The van der Waals surface area contributed by atoms with Crippen LogP contribution in [0, 0.1) is 11.8 Å². The van der Waals surface area contributed by atoms with E-state index in [1.54, 1.807) is 0 Å². The number of aliphatic hydroxyl groups excluding tert-OH is 2. The molecular formula is C19H18O3. The molecule has 0 bridgehead atoms. The van der Waals surface area contributed by atoms with Crippen molar-refractivity contribution >= 4 is 0 Å². The number of aliphatic hydroxyl groups is 2. The molecule has 3 atom stereocenters. The van der Waals surface area contributed by atoms with E-state index >= 15 is 0 Å². The van der Waals surface area contributed by atoms with Crippen LogP contribution in [-0.4, -0.2) is 29.0 Å². The number of rotatable bonds is 2. The summed E-state index contributed by atoms with van der Waals surface area (Å²) >= 11 is 0. The molecule has 3 nitrogen and oxygen atoms in total. The van der Waals surface area contributed by atoms with Crippen LogP contribution in [0.15, 0.2) is 54.6 Å². The molecule has 2 aromatic carbocycles. The molecule has 0 amide bonds. The van der Waals surface area contributed by atoms with Gasteiger partial charge >= 0.3 is 0 Å². The molecule has 1 heterocycles. The number of hydrogen-bond donors (Lipinski definition) is 2. The van der Waals surface area contributed by atoms with E-state index in [-0.39, 0.29) is 12.7 Å². The quantitative estimate of drug-likeness (QED) is 0.835. The van der Waals surface area contributed by atoms with Crippen molar-refractivity contribution in [1.29, 1.82) is 0 Å². The molecule has 1 aliphatic heterocycles. The smallest absolute Gasteiger partial charge is 0.107 e. The summed E-state index contributed by atoms with van der Waals surface area (Å²) in [5.74, 6) is 6.25. The van der Waals surface area contributed by atoms with Gasteiger partial charge in [-0.1, -0.05) is 42.2 Å². The van der Waals surface area contributed by atoms with Gasteiger partial charge in [0, 0.05) is 17.5 Å². The molecule has 1 aliphatic rings. The summed E-state index contributed by atoms with van der Waals surface area (Å²) in [6, 6.07) is 17.7.